The second-order valence-electron chi connectivity index (χ2n) is 4.28. The first-order valence-corrected chi connectivity index (χ1v) is 7.69. The third kappa shape index (κ3) is 3.03. The van der Waals surface area contributed by atoms with Crippen molar-refractivity contribution in [3.05, 3.63) is 0 Å². The molecule has 1 heterocycles. The highest BCUT2D eigenvalue weighted by atomic mass is 127. The van der Waals surface area contributed by atoms with Crippen LogP contribution in [-0.4, -0.2) is 22.0 Å². The van der Waals surface area contributed by atoms with Gasteiger partial charge in [0.05, 0.1) is 12.2 Å². The molecule has 0 radical (unpaired) electrons. The highest BCUT2D eigenvalue weighted by Crippen LogP contribution is 2.40. The maximum atomic E-state index is 5.94. The molecule has 1 aliphatic heterocycles. The van der Waals surface area contributed by atoms with E-state index in [0.29, 0.717) is 12.2 Å². The first-order valence-electron chi connectivity index (χ1n) is 5.46. The standard InChI is InChI=1S/C10H18IO2P/c1-7-5-6-9(10(11)12-7)13-14-8-3-2-4-8/h7-10,14H,2-6H2,1H3/t7-,9-,10-/m0/s1. The fraction of sp³-hybridized carbons (Fsp3) is 1.00. The van der Waals surface area contributed by atoms with Crippen molar-refractivity contribution >= 4 is 31.4 Å². The van der Waals surface area contributed by atoms with Crippen LogP contribution < -0.4 is 0 Å². The molecule has 0 bridgehead atoms. The van der Waals surface area contributed by atoms with Crippen LogP contribution in [-0.2, 0) is 9.26 Å². The quantitative estimate of drug-likeness (QED) is 0.449. The lowest BCUT2D eigenvalue weighted by atomic mass is 10.00. The lowest BCUT2D eigenvalue weighted by Gasteiger charge is -2.34. The fourth-order valence-electron chi connectivity index (χ4n) is 1.73. The predicted octanol–water partition coefficient (Wildman–Crippen LogP) is 3.48. The third-order valence-corrected chi connectivity index (χ3v) is 5.45. The Kier molecular flexibility index (Phi) is 4.48. The molecule has 1 saturated carbocycles. The van der Waals surface area contributed by atoms with E-state index in [-0.39, 0.29) is 4.11 Å². The Morgan fingerprint density at radius 2 is 2.07 bits per heavy atom. The van der Waals surface area contributed by atoms with E-state index in [1.807, 2.05) is 0 Å². The smallest absolute Gasteiger partial charge is 0.135 e. The molecule has 1 unspecified atom stereocenters. The highest BCUT2D eigenvalue weighted by Gasteiger charge is 2.29. The molecule has 4 atom stereocenters. The van der Waals surface area contributed by atoms with Gasteiger partial charge in [0.2, 0.25) is 0 Å². The maximum Gasteiger partial charge on any atom is 0.135 e. The van der Waals surface area contributed by atoms with Crippen molar-refractivity contribution < 1.29 is 9.26 Å². The van der Waals surface area contributed by atoms with Crippen LogP contribution in [0.1, 0.15) is 39.0 Å². The molecule has 0 aromatic heterocycles. The van der Waals surface area contributed by atoms with Gasteiger partial charge >= 0.3 is 0 Å². The van der Waals surface area contributed by atoms with Gasteiger partial charge in [0.25, 0.3) is 0 Å². The van der Waals surface area contributed by atoms with E-state index in [1.54, 1.807) is 0 Å². The Morgan fingerprint density at radius 3 is 2.64 bits per heavy atom. The van der Waals surface area contributed by atoms with Crippen molar-refractivity contribution in [3.63, 3.8) is 0 Å². The molecule has 0 spiro atoms. The molecule has 2 aliphatic rings. The SMILES string of the molecule is C[C@H]1CC[C@H](OPC2CCC2)[C@@H](I)O1. The average Bonchev–Trinajstić information content (AvgIpc) is 2.05. The number of ether oxygens (including phenoxy) is 1. The molecule has 14 heavy (non-hydrogen) atoms. The van der Waals surface area contributed by atoms with Crippen molar-refractivity contribution in [1.82, 2.24) is 0 Å². The van der Waals surface area contributed by atoms with E-state index >= 15 is 0 Å². The van der Waals surface area contributed by atoms with Gasteiger partial charge in [0, 0.05) is 14.5 Å². The van der Waals surface area contributed by atoms with Crippen LogP contribution in [0.2, 0.25) is 0 Å². The Hall–Kier alpha value is 1.08. The van der Waals surface area contributed by atoms with Gasteiger partial charge in [0.15, 0.2) is 0 Å². The van der Waals surface area contributed by atoms with E-state index in [4.69, 9.17) is 9.26 Å². The molecule has 2 nitrogen and oxygen atoms in total. The summed E-state index contributed by atoms with van der Waals surface area (Å²) in [5, 5.41) is 0. The summed E-state index contributed by atoms with van der Waals surface area (Å²) in [6.07, 6.45) is 7.28. The van der Waals surface area contributed by atoms with Gasteiger partial charge in [-0.15, -0.1) is 0 Å². The monoisotopic (exact) mass is 328 g/mol. The van der Waals surface area contributed by atoms with Gasteiger partial charge in [-0.2, -0.15) is 0 Å². The zero-order chi connectivity index (χ0) is 9.97. The minimum Gasteiger partial charge on any atom is -0.362 e. The van der Waals surface area contributed by atoms with Gasteiger partial charge in [-0.05, 0) is 55.2 Å². The normalized spacial score (nSPS) is 40.3. The number of hydrogen-bond donors (Lipinski definition) is 0. The van der Waals surface area contributed by atoms with E-state index < -0.39 is 0 Å². The largest absolute Gasteiger partial charge is 0.362 e. The van der Waals surface area contributed by atoms with Crippen LogP contribution >= 0.6 is 31.4 Å². The van der Waals surface area contributed by atoms with Crippen molar-refractivity contribution in [2.24, 2.45) is 0 Å². The average molecular weight is 328 g/mol. The molecule has 4 heteroatoms. The topological polar surface area (TPSA) is 18.5 Å². The molecule has 1 aliphatic carbocycles. The molecule has 2 fully saturated rings. The Labute approximate surface area is 102 Å². The Morgan fingerprint density at radius 1 is 1.29 bits per heavy atom. The van der Waals surface area contributed by atoms with Gasteiger partial charge in [-0.3, -0.25) is 0 Å². The maximum absolute atomic E-state index is 5.94. The zero-order valence-electron chi connectivity index (χ0n) is 8.54. The molecule has 0 aromatic rings. The summed E-state index contributed by atoms with van der Waals surface area (Å²) in [5.41, 5.74) is 0.873. The summed E-state index contributed by atoms with van der Waals surface area (Å²) in [7, 11) is 0.717. The van der Waals surface area contributed by atoms with Crippen LogP contribution in [0.3, 0.4) is 0 Å². The van der Waals surface area contributed by atoms with Crippen LogP contribution in [0.5, 0.6) is 0 Å². The highest BCUT2D eigenvalue weighted by molar-refractivity contribution is 14.1. The first kappa shape index (κ1) is 11.6. The first-order chi connectivity index (χ1) is 6.75. The van der Waals surface area contributed by atoms with E-state index in [0.717, 1.165) is 20.9 Å². The summed E-state index contributed by atoms with van der Waals surface area (Å²) < 4.78 is 12.0. The number of alkyl halides is 1. The second-order valence-corrected chi connectivity index (χ2v) is 6.79. The van der Waals surface area contributed by atoms with Crippen molar-refractivity contribution in [3.8, 4) is 0 Å². The second kappa shape index (κ2) is 5.42. The number of hydrogen-bond acceptors (Lipinski definition) is 2. The Balaban J connectivity index is 1.68. The summed E-state index contributed by atoms with van der Waals surface area (Å²) >= 11 is 2.37. The summed E-state index contributed by atoms with van der Waals surface area (Å²) in [6.45, 7) is 2.15. The van der Waals surface area contributed by atoms with Gasteiger partial charge < -0.3 is 9.26 Å². The Bertz CT molecular complexity index is 187. The number of halogens is 1. The minimum atomic E-state index is 0.268. The van der Waals surface area contributed by atoms with Gasteiger partial charge in [-0.1, -0.05) is 6.42 Å². The molecular weight excluding hydrogens is 310 g/mol. The summed E-state index contributed by atoms with van der Waals surface area (Å²) in [5.74, 6) is 0. The van der Waals surface area contributed by atoms with Crippen molar-refractivity contribution in [2.75, 3.05) is 0 Å². The minimum absolute atomic E-state index is 0.268. The van der Waals surface area contributed by atoms with Gasteiger partial charge in [-0.25, -0.2) is 0 Å². The molecule has 0 aromatic carbocycles. The lowest BCUT2D eigenvalue weighted by Crippen LogP contribution is -2.34. The predicted molar refractivity (Wildman–Crippen MR) is 68.4 cm³/mol. The lowest BCUT2D eigenvalue weighted by molar-refractivity contribution is -0.0445. The molecule has 0 N–H and O–H groups in total. The molecule has 0 amide bonds. The third-order valence-electron chi connectivity index (χ3n) is 3.00. The van der Waals surface area contributed by atoms with E-state index in [1.165, 1.54) is 25.7 Å². The number of rotatable bonds is 3. The summed E-state index contributed by atoms with van der Waals surface area (Å²) in [6, 6.07) is 0. The van der Waals surface area contributed by atoms with Gasteiger partial charge in [0.1, 0.15) is 4.11 Å². The van der Waals surface area contributed by atoms with Crippen molar-refractivity contribution in [2.45, 2.75) is 61.0 Å². The van der Waals surface area contributed by atoms with Crippen LogP contribution in [0.25, 0.3) is 0 Å². The van der Waals surface area contributed by atoms with Crippen molar-refractivity contribution in [1.29, 1.82) is 0 Å². The van der Waals surface area contributed by atoms with Crippen LogP contribution in [0.15, 0.2) is 0 Å². The van der Waals surface area contributed by atoms with Crippen LogP contribution in [0, 0.1) is 0 Å². The molecule has 82 valence electrons. The van der Waals surface area contributed by atoms with Crippen LogP contribution in [0.4, 0.5) is 0 Å². The molecule has 2 rings (SSSR count). The summed E-state index contributed by atoms with van der Waals surface area (Å²) in [4.78, 5) is 0. The fourth-order valence-corrected chi connectivity index (χ4v) is 4.27. The van der Waals surface area contributed by atoms with E-state index in [2.05, 4.69) is 29.5 Å². The zero-order valence-corrected chi connectivity index (χ0v) is 11.7. The molecule has 1 saturated heterocycles. The molecular formula is C10H18IO2P. The van der Waals surface area contributed by atoms with E-state index in [9.17, 15) is 0 Å².